The first kappa shape index (κ1) is 35.4. The lowest BCUT2D eigenvalue weighted by Crippen LogP contribution is -2.61. The van der Waals surface area contributed by atoms with Crippen LogP contribution in [0.15, 0.2) is 66.7 Å². The molecule has 2 saturated carbocycles. The number of halogens is 3. The maximum Gasteiger partial charge on any atom is 0.260 e. The summed E-state index contributed by atoms with van der Waals surface area (Å²) in [6.45, 7) is 5.76. The number of rotatable bonds is 10. The van der Waals surface area contributed by atoms with Crippen LogP contribution in [0.1, 0.15) is 51.2 Å². The van der Waals surface area contributed by atoms with Gasteiger partial charge in [0.15, 0.2) is 0 Å². The highest BCUT2D eigenvalue weighted by Crippen LogP contribution is 2.44. The number of hydrogen-bond acceptors (Lipinski definition) is 7. The van der Waals surface area contributed by atoms with E-state index in [-0.39, 0.29) is 29.2 Å². The molecule has 3 N–H and O–H groups in total. The van der Waals surface area contributed by atoms with E-state index in [1.54, 1.807) is 42.5 Å². The molecule has 260 valence electrons. The summed E-state index contributed by atoms with van der Waals surface area (Å²) >= 11 is 8.17. The quantitative estimate of drug-likeness (QED) is 0.176. The number of alkyl halides is 1. The van der Waals surface area contributed by atoms with Crippen LogP contribution in [0.3, 0.4) is 0 Å². The van der Waals surface area contributed by atoms with Gasteiger partial charge in [-0.2, -0.15) is 0 Å². The fourth-order valence-electron chi connectivity index (χ4n) is 5.91. The molecule has 1 heterocycles. The molecule has 0 radical (unpaired) electrons. The van der Waals surface area contributed by atoms with E-state index in [4.69, 9.17) is 16.3 Å². The van der Waals surface area contributed by atoms with Gasteiger partial charge in [-0.3, -0.25) is 19.1 Å². The van der Waals surface area contributed by atoms with Gasteiger partial charge in [0.2, 0.25) is 21.8 Å². The molecule has 0 unspecified atom stereocenters. The van der Waals surface area contributed by atoms with Gasteiger partial charge in [-0.1, -0.05) is 67.1 Å². The molecule has 14 heteroatoms. The van der Waals surface area contributed by atoms with E-state index >= 15 is 0 Å². The van der Waals surface area contributed by atoms with Crippen LogP contribution in [0.5, 0.6) is 11.5 Å². The number of amides is 3. The third-order valence-corrected chi connectivity index (χ3v) is 12.6. The second-order valence-corrected chi connectivity index (χ2v) is 17.8. The molecule has 1 aliphatic heterocycles. The van der Waals surface area contributed by atoms with Crippen molar-refractivity contribution < 1.29 is 31.9 Å². The minimum absolute atomic E-state index is 0.0876. The van der Waals surface area contributed by atoms with Gasteiger partial charge in [0.25, 0.3) is 5.91 Å². The Bertz CT molecular complexity index is 1900. The Labute approximate surface area is 303 Å². The molecule has 10 nitrogen and oxygen atoms in total. The molecule has 0 bridgehead atoms. The van der Waals surface area contributed by atoms with Gasteiger partial charge in [-0.25, -0.2) is 12.8 Å². The number of sulfonamides is 1. The fraction of sp³-hybridized carbons (Fsp3) is 0.400. The molecular formula is C35H37ClFIN4O6S. The predicted molar refractivity (Wildman–Crippen MR) is 193 cm³/mol. The average Bonchev–Trinajstić information content (AvgIpc) is 3.96. The minimum Gasteiger partial charge on any atom is -0.457 e. The lowest BCUT2D eigenvalue weighted by Gasteiger charge is -2.41. The van der Waals surface area contributed by atoms with Crippen molar-refractivity contribution in [2.45, 2.75) is 79.8 Å². The zero-order chi connectivity index (χ0) is 35.3. The number of ether oxygens (including phenoxy) is 1. The van der Waals surface area contributed by atoms with Crippen LogP contribution in [0.2, 0.25) is 5.02 Å². The van der Waals surface area contributed by atoms with Crippen molar-refractivity contribution in [3.05, 3.63) is 88.7 Å². The van der Waals surface area contributed by atoms with E-state index in [1.807, 2.05) is 55.5 Å². The number of nitrogens with zero attached hydrogens (tertiary/aromatic N) is 1. The molecule has 2 fully saturated rings. The Kier molecular flexibility index (Phi) is 9.65. The number of anilines is 1. The Hall–Kier alpha value is -3.43. The molecule has 3 aromatic carbocycles. The van der Waals surface area contributed by atoms with Crippen LogP contribution in [0.4, 0.5) is 10.1 Å². The number of benzene rings is 3. The number of carbonyl (C=O) groups is 3. The smallest absolute Gasteiger partial charge is 0.260 e. The number of carbonyl (C=O) groups excluding carboxylic acids is 3. The summed E-state index contributed by atoms with van der Waals surface area (Å²) in [6.07, 6.45) is 1.32. The summed E-state index contributed by atoms with van der Waals surface area (Å²) in [5, 5.41) is 6.00. The van der Waals surface area contributed by atoms with Crippen LogP contribution in [0.25, 0.3) is 0 Å². The normalized spacial score (nSPS) is 22.4. The molecular weight excluding hydrogens is 786 g/mol. The van der Waals surface area contributed by atoms with E-state index in [0.29, 0.717) is 35.1 Å². The average molecular weight is 823 g/mol. The monoisotopic (exact) mass is 822 g/mol. The molecule has 0 saturated heterocycles. The highest BCUT2D eigenvalue weighted by atomic mass is 127. The summed E-state index contributed by atoms with van der Waals surface area (Å²) in [5.74, 6) is -1.08. The van der Waals surface area contributed by atoms with Gasteiger partial charge >= 0.3 is 0 Å². The maximum absolute atomic E-state index is 14.5. The van der Waals surface area contributed by atoms with E-state index < -0.39 is 55.9 Å². The van der Waals surface area contributed by atoms with Crippen molar-refractivity contribution in [2.24, 2.45) is 5.41 Å². The zero-order valence-corrected chi connectivity index (χ0v) is 30.9. The van der Waals surface area contributed by atoms with Gasteiger partial charge in [0.05, 0.1) is 5.25 Å². The van der Waals surface area contributed by atoms with Crippen molar-refractivity contribution >= 4 is 67.6 Å². The largest absolute Gasteiger partial charge is 0.457 e. The molecule has 3 aromatic rings. The topological polar surface area (TPSA) is 134 Å². The third kappa shape index (κ3) is 7.83. The van der Waals surface area contributed by atoms with Crippen LogP contribution in [-0.2, 0) is 37.4 Å². The SMILES string of the molecule is CC(C)(C)[C@H](Nc1ccc(F)cc1)C(=O)N1Cc2ccc(Oc3cccc(Cl)c3)cc2C[C@H]1C(=O)N[C@]1(C(=O)NS(=O)(=O)C2CC2)C[C@H]1I. The maximum atomic E-state index is 14.5. The molecule has 6 rings (SSSR count). The first-order valence-electron chi connectivity index (χ1n) is 16.0. The van der Waals surface area contributed by atoms with E-state index in [2.05, 4.69) is 15.4 Å². The third-order valence-electron chi connectivity index (χ3n) is 9.02. The van der Waals surface area contributed by atoms with Gasteiger partial charge in [-0.05, 0) is 90.4 Å². The van der Waals surface area contributed by atoms with Gasteiger partial charge in [0.1, 0.15) is 34.9 Å². The van der Waals surface area contributed by atoms with Crippen LogP contribution >= 0.6 is 34.2 Å². The van der Waals surface area contributed by atoms with Gasteiger partial charge in [-0.15, -0.1) is 0 Å². The summed E-state index contributed by atoms with van der Waals surface area (Å²) in [4.78, 5) is 43.7. The predicted octanol–water partition coefficient (Wildman–Crippen LogP) is 5.72. The lowest BCUT2D eigenvalue weighted by atomic mass is 9.84. The molecule has 4 atom stereocenters. The van der Waals surface area contributed by atoms with Gasteiger partial charge < -0.3 is 20.3 Å². The molecule has 49 heavy (non-hydrogen) atoms. The standard InChI is InChI=1S/C35H37ClFIN4O6S/c1-34(2,3)30(39-24-10-8-23(37)9-11-24)32(44)42-19-20-7-12-26(48-25-6-4-5-22(36)17-25)15-21(20)16-28(42)31(43)40-35(18-29(35)38)33(45)41-49(46,47)27-13-14-27/h4-12,15,17,27-30,39H,13-14,16,18-19H2,1-3H3,(H,40,43)(H,41,45)/t28-,29+,30+,35+/m0/s1. The minimum atomic E-state index is -3.84. The van der Waals surface area contributed by atoms with Crippen molar-refractivity contribution in [1.29, 1.82) is 0 Å². The first-order chi connectivity index (χ1) is 23.1. The molecule has 3 aliphatic rings. The second kappa shape index (κ2) is 13.4. The number of hydrogen-bond donors (Lipinski definition) is 3. The van der Waals surface area contributed by atoms with Crippen LogP contribution in [0, 0.1) is 11.2 Å². The molecule has 0 spiro atoms. The van der Waals surface area contributed by atoms with Crippen molar-refractivity contribution in [2.75, 3.05) is 5.32 Å². The summed E-state index contributed by atoms with van der Waals surface area (Å²) in [6, 6.07) is 16.2. The number of fused-ring (bicyclic) bond motifs is 1. The van der Waals surface area contributed by atoms with E-state index in [0.717, 1.165) is 11.1 Å². The summed E-state index contributed by atoms with van der Waals surface area (Å²) < 4.78 is 46.8. The molecule has 0 aromatic heterocycles. The highest BCUT2D eigenvalue weighted by molar-refractivity contribution is 14.1. The Morgan fingerprint density at radius 1 is 1.02 bits per heavy atom. The second-order valence-electron chi connectivity index (χ2n) is 13.9. The summed E-state index contributed by atoms with van der Waals surface area (Å²) in [7, 11) is -3.84. The number of nitrogens with one attached hydrogen (secondary N) is 3. The van der Waals surface area contributed by atoms with Crippen LogP contribution < -0.4 is 20.1 Å². The van der Waals surface area contributed by atoms with Gasteiger partial charge in [0, 0.05) is 27.6 Å². The van der Waals surface area contributed by atoms with Crippen molar-refractivity contribution in [1.82, 2.24) is 14.9 Å². The highest BCUT2D eigenvalue weighted by Gasteiger charge is 2.62. The van der Waals surface area contributed by atoms with Crippen molar-refractivity contribution in [3.63, 3.8) is 0 Å². The lowest BCUT2D eigenvalue weighted by molar-refractivity contribution is -0.144. The Balaban J connectivity index is 1.31. The fourth-order valence-corrected chi connectivity index (χ4v) is 8.59. The Morgan fingerprint density at radius 3 is 2.31 bits per heavy atom. The van der Waals surface area contributed by atoms with Crippen molar-refractivity contribution in [3.8, 4) is 11.5 Å². The zero-order valence-electron chi connectivity index (χ0n) is 27.1. The van der Waals surface area contributed by atoms with E-state index in [9.17, 15) is 27.2 Å². The van der Waals surface area contributed by atoms with E-state index in [1.165, 1.54) is 17.0 Å². The van der Waals surface area contributed by atoms with Crippen LogP contribution in [-0.4, -0.2) is 57.8 Å². The Morgan fingerprint density at radius 2 is 1.69 bits per heavy atom. The summed E-state index contributed by atoms with van der Waals surface area (Å²) in [5.41, 5.74) is 0.0607. The first-order valence-corrected chi connectivity index (χ1v) is 19.1. The molecule has 3 amide bonds. The molecule has 2 aliphatic carbocycles.